The highest BCUT2D eigenvalue weighted by Crippen LogP contribution is 2.29. The molecular weight excluding hydrogens is 212 g/mol. The van der Waals surface area contributed by atoms with Crippen molar-refractivity contribution in [1.29, 1.82) is 0 Å². The lowest BCUT2D eigenvalue weighted by Gasteiger charge is -2.27. The third-order valence-electron chi connectivity index (χ3n) is 3.13. The van der Waals surface area contributed by atoms with Gasteiger partial charge in [-0.25, -0.2) is 9.97 Å². The van der Waals surface area contributed by atoms with Crippen molar-refractivity contribution >= 4 is 17.1 Å². The Morgan fingerprint density at radius 1 is 1.41 bits per heavy atom. The zero-order valence-electron chi connectivity index (χ0n) is 11.0. The monoisotopic (exact) mass is 232 g/mol. The Hall–Kier alpha value is -1.58. The summed E-state index contributed by atoms with van der Waals surface area (Å²) in [6, 6.07) is 2.03. The van der Waals surface area contributed by atoms with Gasteiger partial charge >= 0.3 is 0 Å². The van der Waals surface area contributed by atoms with Crippen LogP contribution in [0.3, 0.4) is 0 Å². The minimum Gasteiger partial charge on any atom is -0.369 e. The van der Waals surface area contributed by atoms with Gasteiger partial charge in [-0.1, -0.05) is 13.3 Å². The van der Waals surface area contributed by atoms with Crippen molar-refractivity contribution < 1.29 is 0 Å². The number of imidazole rings is 1. The second kappa shape index (κ2) is 4.02. The molecule has 4 heteroatoms. The maximum Gasteiger partial charge on any atom is 0.202 e. The number of nitrogens with two attached hydrogens (primary N) is 1. The summed E-state index contributed by atoms with van der Waals surface area (Å²) in [5.74, 6) is 0.552. The van der Waals surface area contributed by atoms with E-state index in [1.54, 1.807) is 0 Å². The van der Waals surface area contributed by atoms with Gasteiger partial charge in [-0.15, -0.1) is 0 Å². The molecule has 0 saturated carbocycles. The first-order chi connectivity index (χ1) is 7.95. The molecule has 2 N–H and O–H groups in total. The topological polar surface area (TPSA) is 56.7 Å². The summed E-state index contributed by atoms with van der Waals surface area (Å²) >= 11 is 0. The molecule has 2 heterocycles. The Morgan fingerprint density at radius 3 is 2.76 bits per heavy atom. The van der Waals surface area contributed by atoms with E-state index < -0.39 is 0 Å². The maximum absolute atomic E-state index is 6.03. The highest BCUT2D eigenvalue weighted by Gasteiger charge is 2.24. The number of fused-ring (bicyclic) bond motifs is 1. The van der Waals surface area contributed by atoms with E-state index in [1.165, 1.54) is 0 Å². The molecule has 0 fully saturated rings. The molecule has 4 nitrogen and oxygen atoms in total. The van der Waals surface area contributed by atoms with Crippen LogP contribution >= 0.6 is 0 Å². The fraction of sp³-hybridized carbons (Fsp3) is 0.538. The SMILES string of the molecule is CCCC(C)(C)n1c(N)nc2cc(C)cnc21. The Kier molecular flexibility index (Phi) is 2.81. The van der Waals surface area contributed by atoms with Crippen LogP contribution in [0.2, 0.25) is 0 Å². The van der Waals surface area contributed by atoms with E-state index in [9.17, 15) is 0 Å². The highest BCUT2D eigenvalue weighted by atomic mass is 15.2. The van der Waals surface area contributed by atoms with Crippen molar-refractivity contribution in [3.63, 3.8) is 0 Å². The summed E-state index contributed by atoms with van der Waals surface area (Å²) in [4.78, 5) is 8.87. The van der Waals surface area contributed by atoms with Crippen LogP contribution in [-0.2, 0) is 5.54 Å². The van der Waals surface area contributed by atoms with Gasteiger partial charge in [0.25, 0.3) is 0 Å². The second-order valence-electron chi connectivity index (χ2n) is 5.22. The number of hydrogen-bond donors (Lipinski definition) is 1. The molecule has 0 aliphatic carbocycles. The molecule has 0 unspecified atom stereocenters. The molecule has 0 aliphatic rings. The Labute approximate surface area is 102 Å². The first kappa shape index (κ1) is 11.9. The molecule has 0 saturated heterocycles. The van der Waals surface area contributed by atoms with Crippen LogP contribution in [0.1, 0.15) is 39.2 Å². The summed E-state index contributed by atoms with van der Waals surface area (Å²) in [7, 11) is 0. The van der Waals surface area contributed by atoms with Crippen LogP contribution in [0.25, 0.3) is 11.2 Å². The van der Waals surface area contributed by atoms with Crippen LogP contribution in [-0.4, -0.2) is 14.5 Å². The molecule has 2 aromatic heterocycles. The van der Waals surface area contributed by atoms with Crippen molar-refractivity contribution in [1.82, 2.24) is 14.5 Å². The minimum absolute atomic E-state index is 0.0458. The minimum atomic E-state index is -0.0458. The van der Waals surface area contributed by atoms with Crippen LogP contribution < -0.4 is 5.73 Å². The number of nitrogens with zero attached hydrogens (tertiary/aromatic N) is 3. The van der Waals surface area contributed by atoms with Gasteiger partial charge in [0.1, 0.15) is 5.52 Å². The van der Waals surface area contributed by atoms with E-state index in [4.69, 9.17) is 5.73 Å². The fourth-order valence-electron chi connectivity index (χ4n) is 2.40. The molecule has 0 aliphatic heterocycles. The van der Waals surface area contributed by atoms with Crippen molar-refractivity contribution in [3.05, 3.63) is 17.8 Å². The van der Waals surface area contributed by atoms with E-state index in [1.807, 2.05) is 23.8 Å². The Bertz CT molecular complexity index is 540. The van der Waals surface area contributed by atoms with Crippen molar-refractivity contribution in [2.75, 3.05) is 5.73 Å². The average molecular weight is 232 g/mol. The van der Waals surface area contributed by atoms with Gasteiger partial charge in [0.15, 0.2) is 5.65 Å². The summed E-state index contributed by atoms with van der Waals surface area (Å²) in [6.07, 6.45) is 4.03. The quantitative estimate of drug-likeness (QED) is 0.885. The summed E-state index contributed by atoms with van der Waals surface area (Å²) in [5.41, 5.74) is 8.86. The second-order valence-corrected chi connectivity index (χ2v) is 5.22. The first-order valence-electron chi connectivity index (χ1n) is 6.07. The van der Waals surface area contributed by atoms with Gasteiger partial charge in [0.2, 0.25) is 5.95 Å². The van der Waals surface area contributed by atoms with Gasteiger partial charge < -0.3 is 5.73 Å². The molecule has 0 aromatic carbocycles. The zero-order valence-corrected chi connectivity index (χ0v) is 11.0. The lowest BCUT2D eigenvalue weighted by Crippen LogP contribution is -2.27. The van der Waals surface area contributed by atoms with E-state index in [0.717, 1.165) is 29.6 Å². The fourth-order valence-corrected chi connectivity index (χ4v) is 2.40. The molecule has 17 heavy (non-hydrogen) atoms. The van der Waals surface area contributed by atoms with Gasteiger partial charge in [-0.2, -0.15) is 0 Å². The van der Waals surface area contributed by atoms with Crippen LogP contribution in [0.4, 0.5) is 5.95 Å². The van der Waals surface area contributed by atoms with Gasteiger partial charge in [0, 0.05) is 11.7 Å². The number of pyridine rings is 1. The number of rotatable bonds is 3. The third kappa shape index (κ3) is 1.99. The van der Waals surface area contributed by atoms with Crippen LogP contribution in [0.5, 0.6) is 0 Å². The van der Waals surface area contributed by atoms with Crippen molar-refractivity contribution in [3.8, 4) is 0 Å². The molecule has 0 bridgehead atoms. The summed E-state index contributed by atoms with van der Waals surface area (Å²) in [5, 5.41) is 0. The van der Waals surface area contributed by atoms with E-state index >= 15 is 0 Å². The largest absolute Gasteiger partial charge is 0.369 e. The number of hydrogen-bond acceptors (Lipinski definition) is 3. The smallest absolute Gasteiger partial charge is 0.202 e. The number of nitrogen functional groups attached to an aromatic ring is 1. The molecule has 0 amide bonds. The predicted octanol–water partition coefficient (Wildman–Crippen LogP) is 2.86. The maximum atomic E-state index is 6.03. The lowest BCUT2D eigenvalue weighted by molar-refractivity contribution is 0.336. The molecule has 2 rings (SSSR count). The summed E-state index contributed by atoms with van der Waals surface area (Å²) < 4.78 is 2.05. The van der Waals surface area contributed by atoms with E-state index in [2.05, 4.69) is 30.7 Å². The molecule has 2 aromatic rings. The first-order valence-corrected chi connectivity index (χ1v) is 6.07. The van der Waals surface area contributed by atoms with Gasteiger partial charge in [-0.05, 0) is 38.8 Å². The van der Waals surface area contributed by atoms with E-state index in [-0.39, 0.29) is 5.54 Å². The summed E-state index contributed by atoms with van der Waals surface area (Å²) in [6.45, 7) is 8.54. The Balaban J connectivity index is 2.64. The standard InChI is InChI=1S/C13H20N4/c1-5-6-13(3,4)17-11-10(16-12(17)14)7-9(2)8-15-11/h7-8H,5-6H2,1-4H3,(H2,14,16). The van der Waals surface area contributed by atoms with Crippen molar-refractivity contribution in [2.45, 2.75) is 46.1 Å². The average Bonchev–Trinajstić information content (AvgIpc) is 2.53. The third-order valence-corrected chi connectivity index (χ3v) is 3.13. The number of anilines is 1. The van der Waals surface area contributed by atoms with E-state index in [0.29, 0.717) is 5.95 Å². The lowest BCUT2D eigenvalue weighted by atomic mass is 9.98. The Morgan fingerprint density at radius 2 is 2.12 bits per heavy atom. The van der Waals surface area contributed by atoms with Gasteiger partial charge in [-0.3, -0.25) is 4.57 Å². The number of aryl methyl sites for hydroxylation is 1. The van der Waals surface area contributed by atoms with Crippen LogP contribution in [0.15, 0.2) is 12.3 Å². The highest BCUT2D eigenvalue weighted by molar-refractivity contribution is 5.75. The van der Waals surface area contributed by atoms with Gasteiger partial charge in [0.05, 0.1) is 0 Å². The predicted molar refractivity (Wildman–Crippen MR) is 70.9 cm³/mol. The molecule has 0 spiro atoms. The molecule has 92 valence electrons. The van der Waals surface area contributed by atoms with Crippen LogP contribution in [0, 0.1) is 6.92 Å². The number of aromatic nitrogens is 3. The zero-order chi connectivity index (χ0) is 12.6. The molecule has 0 radical (unpaired) electrons. The normalized spacial score (nSPS) is 12.2. The molecular formula is C13H20N4. The van der Waals surface area contributed by atoms with Crippen molar-refractivity contribution in [2.24, 2.45) is 0 Å². The molecule has 0 atom stereocenters.